The molecule has 0 N–H and O–H groups in total. The van der Waals surface area contributed by atoms with E-state index >= 15 is 0 Å². The number of hydrogen-bond donors (Lipinski definition) is 0. The molecule has 2 heterocycles. The van der Waals surface area contributed by atoms with Gasteiger partial charge in [-0.15, -0.1) is 0 Å². The summed E-state index contributed by atoms with van der Waals surface area (Å²) in [4.78, 5) is 0.329. The monoisotopic (exact) mass is 496 g/mol. The topological polar surface area (TPSA) is 93.2 Å². The molecule has 2 aromatic rings. The Bertz CT molecular complexity index is 1240. The number of sulfonamides is 2. The van der Waals surface area contributed by atoms with E-state index in [0.717, 1.165) is 5.69 Å². The minimum atomic E-state index is -3.80. The molecule has 1 saturated heterocycles. The number of rotatable bonds is 5. The maximum atomic E-state index is 13.3. The molecule has 0 aromatic heterocycles. The minimum Gasteiger partial charge on any atom is -0.486 e. The third-order valence-corrected chi connectivity index (χ3v) is 9.58. The first-order valence-electron chi connectivity index (χ1n) is 10.8. The van der Waals surface area contributed by atoms with Gasteiger partial charge in [-0.25, -0.2) is 16.8 Å². The average molecular weight is 497 g/mol. The summed E-state index contributed by atoms with van der Waals surface area (Å²) in [6.07, 6.45) is 0.401. The van der Waals surface area contributed by atoms with Crippen molar-refractivity contribution in [3.63, 3.8) is 0 Å². The Kier molecular flexibility index (Phi) is 6.45. The van der Waals surface area contributed by atoms with Crippen LogP contribution in [0.1, 0.15) is 6.42 Å². The van der Waals surface area contributed by atoms with Crippen LogP contribution < -0.4 is 14.0 Å². The first-order valence-corrected chi connectivity index (χ1v) is 13.7. The summed E-state index contributed by atoms with van der Waals surface area (Å²) in [5, 5.41) is 0. The fraction of sp³-hybridized carbons (Fsp3) is 0.455. The van der Waals surface area contributed by atoms with Crippen LogP contribution in [-0.4, -0.2) is 86.0 Å². The van der Waals surface area contributed by atoms with Crippen molar-refractivity contribution in [2.45, 2.75) is 16.2 Å². The van der Waals surface area contributed by atoms with Crippen molar-refractivity contribution < 1.29 is 26.3 Å². The second-order valence-corrected chi connectivity index (χ2v) is 12.9. The number of nitrogens with zero attached hydrogens (tertiary/aromatic N) is 3. The summed E-state index contributed by atoms with van der Waals surface area (Å²) < 4.78 is 67.4. The van der Waals surface area contributed by atoms with Gasteiger partial charge < -0.3 is 9.47 Å². The summed E-state index contributed by atoms with van der Waals surface area (Å²) in [5.74, 6) is 0.919. The smallest absolute Gasteiger partial charge is 0.243 e. The van der Waals surface area contributed by atoms with Crippen LogP contribution in [0.4, 0.5) is 5.69 Å². The van der Waals surface area contributed by atoms with Crippen molar-refractivity contribution >= 4 is 25.7 Å². The van der Waals surface area contributed by atoms with Crippen molar-refractivity contribution in [1.82, 2.24) is 13.1 Å². The van der Waals surface area contributed by atoms with Crippen molar-refractivity contribution in [1.29, 1.82) is 0 Å². The zero-order valence-corrected chi connectivity index (χ0v) is 20.7. The van der Waals surface area contributed by atoms with Crippen molar-refractivity contribution in [3.05, 3.63) is 42.5 Å². The van der Waals surface area contributed by atoms with Gasteiger partial charge in [0.25, 0.3) is 0 Å². The van der Waals surface area contributed by atoms with E-state index < -0.39 is 20.0 Å². The van der Waals surface area contributed by atoms with Gasteiger partial charge in [-0.3, -0.25) is 4.48 Å². The van der Waals surface area contributed by atoms with Gasteiger partial charge in [0.05, 0.1) is 30.9 Å². The third kappa shape index (κ3) is 4.87. The molecule has 0 aliphatic carbocycles. The highest BCUT2D eigenvalue weighted by Gasteiger charge is 2.33. The number of quaternary nitrogens is 1. The van der Waals surface area contributed by atoms with E-state index in [1.807, 2.05) is 27.2 Å². The number of fused-ring (bicyclic) bond motifs is 1. The number of hydrogen-bond acceptors (Lipinski definition) is 6. The van der Waals surface area contributed by atoms with Gasteiger partial charge in [-0.1, -0.05) is 6.07 Å². The number of benzene rings is 2. The predicted molar refractivity (Wildman–Crippen MR) is 126 cm³/mol. The predicted octanol–water partition coefficient (Wildman–Crippen LogP) is 1.74. The molecule has 33 heavy (non-hydrogen) atoms. The second-order valence-electron chi connectivity index (χ2n) is 8.98. The summed E-state index contributed by atoms with van der Waals surface area (Å²) in [6.45, 7) is 1.44. The molecule has 2 aliphatic heterocycles. The van der Waals surface area contributed by atoms with E-state index in [-0.39, 0.29) is 36.0 Å². The molecular weight excluding hydrogens is 466 g/mol. The molecule has 0 radical (unpaired) electrons. The molecule has 1 fully saturated rings. The molecule has 2 aromatic carbocycles. The van der Waals surface area contributed by atoms with Crippen molar-refractivity contribution in [2.24, 2.45) is 0 Å². The van der Waals surface area contributed by atoms with Gasteiger partial charge in [-0.05, 0) is 30.7 Å². The van der Waals surface area contributed by atoms with E-state index in [4.69, 9.17) is 9.47 Å². The van der Waals surface area contributed by atoms with E-state index in [2.05, 4.69) is 0 Å². The molecule has 180 valence electrons. The molecule has 0 unspecified atom stereocenters. The lowest BCUT2D eigenvalue weighted by atomic mass is 10.3. The maximum Gasteiger partial charge on any atom is 0.243 e. The SMILES string of the molecule is C[N+](C)(C)c1cccc(S(=O)(=O)N2CCCN(S(=O)(=O)c3ccc4c(c3)OCCO4)CC2)c1. The third-order valence-electron chi connectivity index (χ3n) is 5.80. The molecule has 0 bridgehead atoms. The van der Waals surface area contributed by atoms with Gasteiger partial charge in [0, 0.05) is 38.3 Å². The Labute approximate surface area is 195 Å². The molecule has 0 amide bonds. The summed E-state index contributed by atoms with van der Waals surface area (Å²) in [5.41, 5.74) is 0.869. The molecule has 0 saturated carbocycles. The summed E-state index contributed by atoms with van der Waals surface area (Å²) >= 11 is 0. The van der Waals surface area contributed by atoms with Crippen LogP contribution in [-0.2, 0) is 20.0 Å². The Hall–Kier alpha value is -2.18. The van der Waals surface area contributed by atoms with E-state index in [9.17, 15) is 16.8 Å². The highest BCUT2D eigenvalue weighted by molar-refractivity contribution is 7.89. The first-order chi connectivity index (χ1) is 15.5. The maximum absolute atomic E-state index is 13.3. The Morgan fingerprint density at radius 1 is 0.727 bits per heavy atom. The average Bonchev–Trinajstić information content (AvgIpc) is 3.06. The first kappa shape index (κ1) is 24.0. The Balaban J connectivity index is 1.54. The van der Waals surface area contributed by atoms with Gasteiger partial charge in [0.15, 0.2) is 11.5 Å². The minimum absolute atomic E-state index is 0.0744. The van der Waals surface area contributed by atoms with Gasteiger partial charge in [0.1, 0.15) is 18.9 Å². The lowest BCUT2D eigenvalue weighted by Gasteiger charge is -2.25. The molecule has 9 nitrogen and oxygen atoms in total. The van der Waals surface area contributed by atoms with Crippen molar-refractivity contribution in [3.8, 4) is 11.5 Å². The van der Waals surface area contributed by atoms with E-state index in [1.165, 1.54) is 20.7 Å². The van der Waals surface area contributed by atoms with Gasteiger partial charge in [0.2, 0.25) is 20.0 Å². The van der Waals surface area contributed by atoms with Gasteiger partial charge >= 0.3 is 0 Å². The fourth-order valence-corrected chi connectivity index (χ4v) is 6.89. The van der Waals surface area contributed by atoms with E-state index in [0.29, 0.717) is 35.6 Å². The second kappa shape index (κ2) is 8.88. The van der Waals surface area contributed by atoms with Crippen LogP contribution in [0.25, 0.3) is 0 Å². The normalized spacial score (nSPS) is 18.6. The molecule has 2 aliphatic rings. The van der Waals surface area contributed by atoms with Crippen LogP contribution in [0.5, 0.6) is 11.5 Å². The molecule has 4 rings (SSSR count). The zero-order chi connectivity index (χ0) is 23.9. The van der Waals surface area contributed by atoms with Crippen LogP contribution in [0.2, 0.25) is 0 Å². The standard InChI is InChI=1S/C22H30N3O6S2/c1-25(2,3)18-6-4-7-19(16-18)32(26,27)23-10-5-11-24(13-12-23)33(28,29)20-8-9-21-22(17-20)31-15-14-30-21/h4,6-9,16-17H,5,10-15H2,1-3H3/q+1. The van der Waals surface area contributed by atoms with Crippen LogP contribution >= 0.6 is 0 Å². The lowest BCUT2D eigenvalue weighted by Crippen LogP contribution is -2.38. The van der Waals surface area contributed by atoms with Crippen molar-refractivity contribution in [2.75, 3.05) is 60.5 Å². The molecule has 0 spiro atoms. The summed E-state index contributed by atoms with van der Waals surface area (Å²) in [7, 11) is -1.64. The van der Waals surface area contributed by atoms with Crippen LogP contribution in [0.3, 0.4) is 0 Å². The van der Waals surface area contributed by atoms with Gasteiger partial charge in [-0.2, -0.15) is 8.61 Å². The Morgan fingerprint density at radius 3 is 1.91 bits per heavy atom. The molecule has 0 atom stereocenters. The quantitative estimate of drug-likeness (QED) is 0.586. The number of ether oxygens (including phenoxy) is 2. The highest BCUT2D eigenvalue weighted by Crippen LogP contribution is 2.33. The highest BCUT2D eigenvalue weighted by atomic mass is 32.2. The Morgan fingerprint density at radius 2 is 1.30 bits per heavy atom. The lowest BCUT2D eigenvalue weighted by molar-refractivity contribution is 0.171. The molecular formula is C22H30N3O6S2+. The zero-order valence-electron chi connectivity index (χ0n) is 19.1. The fourth-order valence-electron chi connectivity index (χ4n) is 3.89. The van der Waals surface area contributed by atoms with E-state index in [1.54, 1.807) is 24.3 Å². The van der Waals surface area contributed by atoms with Crippen LogP contribution in [0, 0.1) is 0 Å². The molecule has 11 heteroatoms. The van der Waals surface area contributed by atoms with Crippen LogP contribution in [0.15, 0.2) is 52.3 Å². The largest absolute Gasteiger partial charge is 0.486 e. The summed E-state index contributed by atoms with van der Waals surface area (Å²) in [6, 6.07) is 11.5.